The van der Waals surface area contributed by atoms with Crippen molar-refractivity contribution in [1.82, 2.24) is 10.2 Å². The van der Waals surface area contributed by atoms with E-state index in [1.54, 1.807) is 0 Å². The van der Waals surface area contributed by atoms with Crippen LogP contribution in [0.15, 0.2) is 18.2 Å². The first-order valence-electron chi connectivity index (χ1n) is 7.05. The number of halogens is 2. The molecule has 1 aliphatic rings. The van der Waals surface area contributed by atoms with E-state index in [0.29, 0.717) is 25.8 Å². The van der Waals surface area contributed by atoms with Gasteiger partial charge in [-0.05, 0) is 32.0 Å². The van der Waals surface area contributed by atoms with E-state index < -0.39 is 11.7 Å². The average molecular weight is 315 g/mol. The van der Waals surface area contributed by atoms with Crippen molar-refractivity contribution in [3.8, 4) is 0 Å². The lowest BCUT2D eigenvalue weighted by Crippen LogP contribution is -2.51. The van der Waals surface area contributed by atoms with Crippen molar-refractivity contribution in [3.63, 3.8) is 0 Å². The van der Waals surface area contributed by atoms with Crippen LogP contribution in [0.4, 0.5) is 4.39 Å². The highest BCUT2D eigenvalue weighted by Gasteiger charge is 2.24. The monoisotopic (exact) mass is 314 g/mol. The van der Waals surface area contributed by atoms with E-state index in [9.17, 15) is 9.18 Å². The third kappa shape index (κ3) is 4.15. The third-order valence-electron chi connectivity index (χ3n) is 3.72. The van der Waals surface area contributed by atoms with E-state index >= 15 is 0 Å². The maximum absolute atomic E-state index is 13.7. The number of ether oxygens (including phenoxy) is 1. The molecule has 1 N–H and O–H groups in total. The molecule has 0 aliphatic carbocycles. The van der Waals surface area contributed by atoms with Crippen molar-refractivity contribution in [2.24, 2.45) is 0 Å². The van der Waals surface area contributed by atoms with Gasteiger partial charge in [-0.15, -0.1) is 0 Å². The standard InChI is InChI=1S/C15H20ClFN2O2/c1-10(19-5-6-21-9-11(19)2)8-18-15(20)13-4-3-12(16)7-14(13)17/h3-4,7,10-11H,5-6,8-9H2,1-2H3,(H,18,20)/t10-,11+/m0/s1. The van der Waals surface area contributed by atoms with Gasteiger partial charge in [-0.3, -0.25) is 9.69 Å². The first-order valence-corrected chi connectivity index (χ1v) is 7.43. The lowest BCUT2D eigenvalue weighted by atomic mass is 10.1. The summed E-state index contributed by atoms with van der Waals surface area (Å²) >= 11 is 5.68. The summed E-state index contributed by atoms with van der Waals surface area (Å²) in [5.41, 5.74) is 0.0154. The van der Waals surface area contributed by atoms with Crippen LogP contribution in [0.5, 0.6) is 0 Å². The molecule has 1 saturated heterocycles. The van der Waals surface area contributed by atoms with Gasteiger partial charge >= 0.3 is 0 Å². The minimum Gasteiger partial charge on any atom is -0.379 e. The fourth-order valence-corrected chi connectivity index (χ4v) is 2.68. The highest BCUT2D eigenvalue weighted by molar-refractivity contribution is 6.30. The largest absolute Gasteiger partial charge is 0.379 e. The minimum atomic E-state index is -0.604. The Hall–Kier alpha value is -1.17. The molecule has 1 fully saturated rings. The van der Waals surface area contributed by atoms with E-state index in [-0.39, 0.29) is 16.6 Å². The van der Waals surface area contributed by atoms with Gasteiger partial charge in [0.1, 0.15) is 5.82 Å². The van der Waals surface area contributed by atoms with Gasteiger partial charge in [0.2, 0.25) is 0 Å². The number of amides is 1. The highest BCUT2D eigenvalue weighted by Crippen LogP contribution is 2.15. The number of morpholine rings is 1. The number of rotatable bonds is 4. The Labute approximate surface area is 129 Å². The van der Waals surface area contributed by atoms with Gasteiger partial charge in [-0.25, -0.2) is 4.39 Å². The summed E-state index contributed by atoms with van der Waals surface area (Å²) in [6.45, 7) is 6.84. The smallest absolute Gasteiger partial charge is 0.254 e. The van der Waals surface area contributed by atoms with Gasteiger partial charge in [-0.2, -0.15) is 0 Å². The molecule has 0 unspecified atom stereocenters. The zero-order valence-corrected chi connectivity index (χ0v) is 13.0. The fourth-order valence-electron chi connectivity index (χ4n) is 2.52. The maximum Gasteiger partial charge on any atom is 0.254 e. The first kappa shape index (κ1) is 16.2. The molecule has 21 heavy (non-hydrogen) atoms. The van der Waals surface area contributed by atoms with E-state index in [4.69, 9.17) is 16.3 Å². The van der Waals surface area contributed by atoms with Crippen LogP contribution in [0.25, 0.3) is 0 Å². The summed E-state index contributed by atoms with van der Waals surface area (Å²) in [5, 5.41) is 3.05. The van der Waals surface area contributed by atoms with E-state index in [2.05, 4.69) is 17.1 Å². The molecule has 1 heterocycles. The normalized spacial score (nSPS) is 21.0. The number of hydrogen-bond donors (Lipinski definition) is 1. The molecular weight excluding hydrogens is 295 g/mol. The molecule has 2 atom stereocenters. The van der Waals surface area contributed by atoms with Crippen LogP contribution in [0.2, 0.25) is 5.02 Å². The van der Waals surface area contributed by atoms with Crippen molar-refractivity contribution in [3.05, 3.63) is 34.6 Å². The highest BCUT2D eigenvalue weighted by atomic mass is 35.5. The Balaban J connectivity index is 1.91. The van der Waals surface area contributed by atoms with Crippen LogP contribution in [-0.4, -0.2) is 49.2 Å². The van der Waals surface area contributed by atoms with Crippen LogP contribution in [0, 0.1) is 5.82 Å². The van der Waals surface area contributed by atoms with Crippen molar-refractivity contribution in [2.75, 3.05) is 26.3 Å². The van der Waals surface area contributed by atoms with Gasteiger partial charge in [0.15, 0.2) is 0 Å². The molecule has 0 radical (unpaired) electrons. The number of carbonyl (C=O) groups excluding carboxylic acids is 1. The summed E-state index contributed by atoms with van der Waals surface area (Å²) in [4.78, 5) is 14.3. The molecular formula is C15H20ClFN2O2. The van der Waals surface area contributed by atoms with Gasteiger partial charge < -0.3 is 10.1 Å². The second kappa shape index (κ2) is 7.20. The molecule has 1 aromatic carbocycles. The number of benzene rings is 1. The topological polar surface area (TPSA) is 41.6 Å². The molecule has 116 valence electrons. The summed E-state index contributed by atoms with van der Waals surface area (Å²) in [6.07, 6.45) is 0. The second-order valence-electron chi connectivity index (χ2n) is 5.34. The van der Waals surface area contributed by atoms with Crippen molar-refractivity contribution < 1.29 is 13.9 Å². The lowest BCUT2D eigenvalue weighted by Gasteiger charge is -2.37. The molecule has 6 heteroatoms. The number of nitrogens with zero attached hydrogens (tertiary/aromatic N) is 1. The predicted molar refractivity (Wildman–Crippen MR) is 80.2 cm³/mol. The summed E-state index contributed by atoms with van der Waals surface area (Å²) < 4.78 is 19.1. The van der Waals surface area contributed by atoms with Crippen LogP contribution in [0.1, 0.15) is 24.2 Å². The van der Waals surface area contributed by atoms with Crippen LogP contribution >= 0.6 is 11.6 Å². The Morgan fingerprint density at radius 3 is 3.05 bits per heavy atom. The Morgan fingerprint density at radius 1 is 1.62 bits per heavy atom. The third-order valence-corrected chi connectivity index (χ3v) is 3.95. The van der Waals surface area contributed by atoms with E-state index in [1.165, 1.54) is 12.1 Å². The van der Waals surface area contributed by atoms with Crippen molar-refractivity contribution >= 4 is 17.5 Å². The van der Waals surface area contributed by atoms with Crippen LogP contribution in [-0.2, 0) is 4.74 Å². The van der Waals surface area contributed by atoms with Gasteiger partial charge in [0.05, 0.1) is 18.8 Å². The molecule has 4 nitrogen and oxygen atoms in total. The Bertz CT molecular complexity index is 512. The molecule has 0 spiro atoms. The Kier molecular flexibility index (Phi) is 5.56. The second-order valence-corrected chi connectivity index (χ2v) is 5.78. The number of nitrogens with one attached hydrogen (secondary N) is 1. The molecule has 0 aromatic heterocycles. The zero-order chi connectivity index (χ0) is 15.4. The van der Waals surface area contributed by atoms with Crippen molar-refractivity contribution in [2.45, 2.75) is 25.9 Å². The summed E-state index contributed by atoms with van der Waals surface area (Å²) in [7, 11) is 0. The van der Waals surface area contributed by atoms with Gasteiger partial charge in [-0.1, -0.05) is 11.6 Å². The molecule has 1 aromatic rings. The maximum atomic E-state index is 13.7. The minimum absolute atomic E-state index is 0.0154. The summed E-state index contributed by atoms with van der Waals surface area (Å²) in [5.74, 6) is -1.02. The zero-order valence-electron chi connectivity index (χ0n) is 12.2. The average Bonchev–Trinajstić information content (AvgIpc) is 2.45. The van der Waals surface area contributed by atoms with E-state index in [1.807, 2.05) is 6.92 Å². The van der Waals surface area contributed by atoms with E-state index in [0.717, 1.165) is 12.6 Å². The van der Waals surface area contributed by atoms with Gasteiger partial charge in [0.25, 0.3) is 5.91 Å². The summed E-state index contributed by atoms with van der Waals surface area (Å²) in [6, 6.07) is 4.53. The quantitative estimate of drug-likeness (QED) is 0.927. The van der Waals surface area contributed by atoms with Gasteiger partial charge in [0, 0.05) is 30.2 Å². The SMILES string of the molecule is C[C@@H]1COCCN1[C@@H](C)CNC(=O)c1ccc(Cl)cc1F. The van der Waals surface area contributed by atoms with Crippen LogP contribution in [0.3, 0.4) is 0 Å². The molecule has 2 rings (SSSR count). The Morgan fingerprint density at radius 2 is 2.38 bits per heavy atom. The van der Waals surface area contributed by atoms with Crippen LogP contribution < -0.4 is 5.32 Å². The molecule has 0 bridgehead atoms. The number of carbonyl (C=O) groups is 1. The fraction of sp³-hybridized carbons (Fsp3) is 0.533. The molecule has 1 aliphatic heterocycles. The van der Waals surface area contributed by atoms with Crippen molar-refractivity contribution in [1.29, 1.82) is 0 Å². The molecule has 0 saturated carbocycles. The predicted octanol–water partition coefficient (Wildman–Crippen LogP) is 2.32. The number of hydrogen-bond acceptors (Lipinski definition) is 3. The first-order chi connectivity index (χ1) is 9.99. The molecule has 1 amide bonds. The lowest BCUT2D eigenvalue weighted by molar-refractivity contribution is -0.0178.